The Balaban J connectivity index is 1.66. The number of benzene rings is 1. The van der Waals surface area contributed by atoms with Crippen LogP contribution in [0.15, 0.2) is 29.3 Å². The third kappa shape index (κ3) is 6.52. The first-order chi connectivity index (χ1) is 11.3. The van der Waals surface area contributed by atoms with Gasteiger partial charge in [0.25, 0.3) is 0 Å². The summed E-state index contributed by atoms with van der Waals surface area (Å²) in [5.41, 5.74) is 1.84. The van der Waals surface area contributed by atoms with E-state index in [-0.39, 0.29) is 6.29 Å². The fraction of sp³-hybridized carbons (Fsp3) is 0.632. The molecule has 0 aromatic heterocycles. The summed E-state index contributed by atoms with van der Waals surface area (Å²) in [6.07, 6.45) is 9.00. The molecule has 1 saturated heterocycles. The first-order valence-electron chi connectivity index (χ1n) is 8.74. The van der Waals surface area contributed by atoms with Crippen molar-refractivity contribution in [3.05, 3.63) is 29.8 Å². The van der Waals surface area contributed by atoms with Gasteiger partial charge in [0, 0.05) is 11.5 Å². The van der Waals surface area contributed by atoms with Crippen molar-refractivity contribution in [1.82, 2.24) is 0 Å². The van der Waals surface area contributed by atoms with Gasteiger partial charge in [-0.3, -0.25) is 0 Å². The number of unbranched alkanes of at least 4 members (excludes halogenated alkanes) is 5. The van der Waals surface area contributed by atoms with Crippen LogP contribution >= 0.6 is 12.2 Å². The summed E-state index contributed by atoms with van der Waals surface area (Å²) in [4.78, 5) is 3.95. The van der Waals surface area contributed by atoms with Crippen molar-refractivity contribution in [2.75, 3.05) is 13.2 Å². The van der Waals surface area contributed by atoms with Gasteiger partial charge in [0.2, 0.25) is 0 Å². The maximum atomic E-state index is 5.88. The molecule has 0 aliphatic carbocycles. The first kappa shape index (κ1) is 18.3. The summed E-state index contributed by atoms with van der Waals surface area (Å²) in [7, 11) is 0. The Bertz CT molecular complexity index is 489. The van der Waals surface area contributed by atoms with Crippen LogP contribution in [0.4, 0.5) is 5.69 Å². The number of thiocarbonyl (C=S) groups is 1. The van der Waals surface area contributed by atoms with Gasteiger partial charge < -0.3 is 9.47 Å². The molecular formula is C19H27NO2S. The van der Waals surface area contributed by atoms with E-state index in [1.165, 1.54) is 44.9 Å². The van der Waals surface area contributed by atoms with Crippen molar-refractivity contribution in [2.24, 2.45) is 10.9 Å². The van der Waals surface area contributed by atoms with Crippen LogP contribution in [0.25, 0.3) is 0 Å². The van der Waals surface area contributed by atoms with Gasteiger partial charge in [-0.2, -0.15) is 4.99 Å². The van der Waals surface area contributed by atoms with E-state index in [1.54, 1.807) is 0 Å². The number of hydrogen-bond acceptors (Lipinski definition) is 4. The molecule has 0 saturated carbocycles. The molecule has 1 heterocycles. The topological polar surface area (TPSA) is 30.8 Å². The summed E-state index contributed by atoms with van der Waals surface area (Å²) >= 11 is 4.60. The lowest BCUT2D eigenvalue weighted by Gasteiger charge is -2.29. The van der Waals surface area contributed by atoms with Crippen LogP contribution in [0.2, 0.25) is 0 Å². The second-order valence-corrected chi connectivity index (χ2v) is 6.40. The van der Waals surface area contributed by atoms with Crippen molar-refractivity contribution in [1.29, 1.82) is 0 Å². The van der Waals surface area contributed by atoms with Gasteiger partial charge in [-0.1, -0.05) is 57.6 Å². The van der Waals surface area contributed by atoms with Crippen LogP contribution in [0.3, 0.4) is 0 Å². The minimum Gasteiger partial charge on any atom is -0.348 e. The van der Waals surface area contributed by atoms with E-state index in [0.29, 0.717) is 5.92 Å². The molecule has 1 aromatic carbocycles. The second-order valence-electron chi connectivity index (χ2n) is 6.22. The van der Waals surface area contributed by atoms with Crippen LogP contribution in [0.5, 0.6) is 0 Å². The number of isothiocyanates is 1. The largest absolute Gasteiger partial charge is 0.348 e. The summed E-state index contributed by atoms with van der Waals surface area (Å²) in [5, 5.41) is 2.37. The fourth-order valence-corrected chi connectivity index (χ4v) is 2.98. The zero-order valence-electron chi connectivity index (χ0n) is 14.0. The second kappa shape index (κ2) is 10.7. The van der Waals surface area contributed by atoms with E-state index in [0.717, 1.165) is 24.5 Å². The summed E-state index contributed by atoms with van der Waals surface area (Å²) in [5.74, 6) is 0.538. The van der Waals surface area contributed by atoms with Crippen molar-refractivity contribution in [3.63, 3.8) is 0 Å². The Morgan fingerprint density at radius 2 is 1.70 bits per heavy atom. The van der Waals surface area contributed by atoms with Gasteiger partial charge in [-0.05, 0) is 30.8 Å². The van der Waals surface area contributed by atoms with E-state index < -0.39 is 0 Å². The molecule has 4 heteroatoms. The number of aliphatic imine (C=N–C) groups is 1. The summed E-state index contributed by atoms with van der Waals surface area (Å²) in [6.45, 7) is 3.84. The molecule has 126 valence electrons. The molecule has 0 radical (unpaired) electrons. The molecule has 1 aliphatic rings. The van der Waals surface area contributed by atoms with Gasteiger partial charge in [0.05, 0.1) is 24.1 Å². The molecule has 0 amide bonds. The van der Waals surface area contributed by atoms with Crippen LogP contribution in [-0.2, 0) is 9.47 Å². The van der Waals surface area contributed by atoms with Crippen LogP contribution in [-0.4, -0.2) is 18.4 Å². The van der Waals surface area contributed by atoms with Crippen LogP contribution in [0, 0.1) is 5.92 Å². The van der Waals surface area contributed by atoms with Crippen molar-refractivity contribution >= 4 is 23.1 Å². The highest BCUT2D eigenvalue weighted by Gasteiger charge is 2.23. The lowest BCUT2D eigenvalue weighted by Crippen LogP contribution is -2.27. The molecule has 0 N–H and O–H groups in total. The van der Waals surface area contributed by atoms with E-state index in [9.17, 15) is 0 Å². The van der Waals surface area contributed by atoms with Crippen molar-refractivity contribution in [3.8, 4) is 0 Å². The van der Waals surface area contributed by atoms with Gasteiger partial charge in [-0.25, -0.2) is 0 Å². The molecule has 0 unspecified atom stereocenters. The molecule has 1 aromatic rings. The van der Waals surface area contributed by atoms with Gasteiger partial charge >= 0.3 is 0 Å². The predicted octanol–water partition coefficient (Wildman–Crippen LogP) is 5.83. The van der Waals surface area contributed by atoms with E-state index >= 15 is 0 Å². The number of nitrogens with zero attached hydrogens (tertiary/aromatic N) is 1. The van der Waals surface area contributed by atoms with Gasteiger partial charge in [-0.15, -0.1) is 0 Å². The van der Waals surface area contributed by atoms with E-state index in [4.69, 9.17) is 9.47 Å². The highest BCUT2D eigenvalue weighted by Crippen LogP contribution is 2.28. The molecule has 1 aliphatic heterocycles. The SMILES string of the molecule is CCCCCCCCC1COC(c2ccc(N=C=S)cc2)OC1. The third-order valence-electron chi connectivity index (χ3n) is 4.27. The van der Waals surface area contributed by atoms with E-state index in [2.05, 4.69) is 29.3 Å². The Kier molecular flexibility index (Phi) is 8.48. The number of hydrogen-bond donors (Lipinski definition) is 0. The van der Waals surface area contributed by atoms with Crippen molar-refractivity contribution in [2.45, 2.75) is 58.2 Å². The van der Waals surface area contributed by atoms with Gasteiger partial charge in [0.15, 0.2) is 6.29 Å². The first-order valence-corrected chi connectivity index (χ1v) is 9.15. The average molecular weight is 333 g/mol. The zero-order valence-corrected chi connectivity index (χ0v) is 14.8. The Morgan fingerprint density at radius 3 is 2.35 bits per heavy atom. The quantitative estimate of drug-likeness (QED) is 0.323. The smallest absolute Gasteiger partial charge is 0.183 e. The Hall–Kier alpha value is -1.06. The molecule has 2 rings (SSSR count). The summed E-state index contributed by atoms with van der Waals surface area (Å²) < 4.78 is 11.8. The molecule has 1 fully saturated rings. The number of ether oxygens (including phenoxy) is 2. The van der Waals surface area contributed by atoms with Crippen LogP contribution in [0.1, 0.15) is 63.7 Å². The monoisotopic (exact) mass is 333 g/mol. The lowest BCUT2D eigenvalue weighted by atomic mass is 10.0. The molecule has 0 bridgehead atoms. The molecule has 0 atom stereocenters. The van der Waals surface area contributed by atoms with Crippen LogP contribution < -0.4 is 0 Å². The maximum absolute atomic E-state index is 5.88. The normalized spacial score (nSPS) is 20.9. The third-order valence-corrected chi connectivity index (χ3v) is 4.36. The Labute approximate surface area is 145 Å². The summed E-state index contributed by atoms with van der Waals surface area (Å²) in [6, 6.07) is 7.77. The highest BCUT2D eigenvalue weighted by molar-refractivity contribution is 7.78. The average Bonchev–Trinajstić information content (AvgIpc) is 2.60. The standard InChI is InChI=1S/C19H27NO2S/c1-2-3-4-5-6-7-8-16-13-21-19(22-14-16)17-9-11-18(12-10-17)20-15-23/h9-12,16,19H,2-8,13-14H2,1H3. The molecular weight excluding hydrogens is 306 g/mol. The molecule has 3 nitrogen and oxygen atoms in total. The molecule has 23 heavy (non-hydrogen) atoms. The van der Waals surface area contributed by atoms with Gasteiger partial charge in [0.1, 0.15) is 0 Å². The highest BCUT2D eigenvalue weighted by atomic mass is 32.1. The van der Waals surface area contributed by atoms with E-state index in [1.807, 2.05) is 24.3 Å². The Morgan fingerprint density at radius 1 is 1.04 bits per heavy atom. The number of rotatable bonds is 9. The maximum Gasteiger partial charge on any atom is 0.183 e. The predicted molar refractivity (Wildman–Crippen MR) is 97.3 cm³/mol. The molecule has 0 spiro atoms. The minimum absolute atomic E-state index is 0.249. The fourth-order valence-electron chi connectivity index (χ4n) is 2.87. The van der Waals surface area contributed by atoms with Crippen molar-refractivity contribution < 1.29 is 9.47 Å². The minimum atomic E-state index is -0.249. The lowest BCUT2D eigenvalue weighted by molar-refractivity contribution is -0.206. The zero-order chi connectivity index (χ0) is 16.3.